The molecule has 0 aromatic heterocycles. The molecule has 4 N–H and O–H groups in total. The van der Waals surface area contributed by atoms with Crippen molar-refractivity contribution in [3.8, 4) is 11.5 Å². The number of ether oxygens (including phenoxy) is 1. The summed E-state index contributed by atoms with van der Waals surface area (Å²) in [4.78, 5) is 0. The van der Waals surface area contributed by atoms with Crippen molar-refractivity contribution >= 4 is 0 Å². The van der Waals surface area contributed by atoms with Gasteiger partial charge in [-0.2, -0.15) is 0 Å². The van der Waals surface area contributed by atoms with Crippen molar-refractivity contribution < 1.29 is 14.9 Å². The van der Waals surface area contributed by atoms with Crippen LogP contribution in [0.15, 0.2) is 18.2 Å². The lowest BCUT2D eigenvalue weighted by Gasteiger charge is -2.27. The third kappa shape index (κ3) is 8.83. The lowest BCUT2D eigenvalue weighted by Crippen LogP contribution is -2.44. The Kier molecular flexibility index (Phi) is 9.60. The SMILES string of the molecule is CC(C)CCCCCCCOc1ccc(CCC(N)(CO)CC2CC2)c(O)c1. The number of hydrogen-bond acceptors (Lipinski definition) is 4. The van der Waals surface area contributed by atoms with Crippen LogP contribution in [0.25, 0.3) is 0 Å². The van der Waals surface area contributed by atoms with E-state index in [0.29, 0.717) is 25.4 Å². The molecule has 1 aromatic carbocycles. The van der Waals surface area contributed by atoms with Gasteiger partial charge in [0.05, 0.1) is 13.2 Å². The van der Waals surface area contributed by atoms with Crippen LogP contribution in [0.4, 0.5) is 0 Å². The maximum absolute atomic E-state index is 10.3. The second-order valence-corrected chi connectivity index (χ2v) is 9.26. The van der Waals surface area contributed by atoms with E-state index in [2.05, 4.69) is 13.8 Å². The van der Waals surface area contributed by atoms with Crippen molar-refractivity contribution in [1.29, 1.82) is 0 Å². The van der Waals surface area contributed by atoms with Crippen LogP contribution in [0.2, 0.25) is 0 Å². The van der Waals surface area contributed by atoms with Gasteiger partial charge < -0.3 is 20.7 Å². The first-order chi connectivity index (χ1) is 13.4. The fourth-order valence-corrected chi connectivity index (χ4v) is 3.75. The van der Waals surface area contributed by atoms with Gasteiger partial charge in [-0.3, -0.25) is 0 Å². The average Bonchev–Trinajstić information content (AvgIpc) is 3.46. The highest BCUT2D eigenvalue weighted by molar-refractivity contribution is 5.39. The Labute approximate surface area is 171 Å². The van der Waals surface area contributed by atoms with Crippen molar-refractivity contribution in [2.75, 3.05) is 13.2 Å². The monoisotopic (exact) mass is 391 g/mol. The van der Waals surface area contributed by atoms with E-state index >= 15 is 0 Å². The van der Waals surface area contributed by atoms with Gasteiger partial charge in [0.25, 0.3) is 0 Å². The van der Waals surface area contributed by atoms with Gasteiger partial charge >= 0.3 is 0 Å². The van der Waals surface area contributed by atoms with Crippen LogP contribution in [0.5, 0.6) is 11.5 Å². The van der Waals surface area contributed by atoms with Crippen LogP contribution in [-0.2, 0) is 6.42 Å². The fourth-order valence-electron chi connectivity index (χ4n) is 3.75. The summed E-state index contributed by atoms with van der Waals surface area (Å²) in [6.07, 6.45) is 12.2. The summed E-state index contributed by atoms with van der Waals surface area (Å²) in [6, 6.07) is 5.55. The van der Waals surface area contributed by atoms with Gasteiger partial charge in [-0.1, -0.05) is 64.9 Å². The summed E-state index contributed by atoms with van der Waals surface area (Å²) in [5.41, 5.74) is 6.69. The number of unbranched alkanes of at least 4 members (excludes halogenated alkanes) is 4. The zero-order chi connectivity index (χ0) is 20.4. The molecule has 1 aromatic rings. The first-order valence-corrected chi connectivity index (χ1v) is 11.3. The molecule has 1 atom stereocenters. The topological polar surface area (TPSA) is 75.7 Å². The molecule has 0 saturated heterocycles. The zero-order valence-electron chi connectivity index (χ0n) is 18.0. The standard InChI is InChI=1S/C24H41NO3/c1-19(2)8-6-4-3-5-7-15-28-22-12-11-21(23(27)16-22)13-14-24(25,18-26)17-20-9-10-20/h11-12,16,19-20,26-27H,3-10,13-15,17-18,25H2,1-2H3. The number of aromatic hydroxyl groups is 1. The van der Waals surface area contributed by atoms with Gasteiger partial charge in [0, 0.05) is 11.6 Å². The van der Waals surface area contributed by atoms with E-state index in [1.165, 1.54) is 44.9 Å². The first kappa shape index (κ1) is 23.0. The first-order valence-electron chi connectivity index (χ1n) is 11.3. The zero-order valence-corrected chi connectivity index (χ0v) is 18.0. The van der Waals surface area contributed by atoms with E-state index in [1.54, 1.807) is 6.07 Å². The molecule has 1 fully saturated rings. The molecule has 0 bridgehead atoms. The van der Waals surface area contributed by atoms with Crippen LogP contribution in [0.3, 0.4) is 0 Å². The van der Waals surface area contributed by atoms with Crippen LogP contribution in [-0.4, -0.2) is 29.0 Å². The van der Waals surface area contributed by atoms with Crippen molar-refractivity contribution in [2.24, 2.45) is 17.6 Å². The molecule has 4 nitrogen and oxygen atoms in total. The number of hydrogen-bond donors (Lipinski definition) is 3. The average molecular weight is 392 g/mol. The summed E-state index contributed by atoms with van der Waals surface area (Å²) in [5.74, 6) is 2.47. The van der Waals surface area contributed by atoms with Gasteiger partial charge in [-0.15, -0.1) is 0 Å². The molecule has 0 aliphatic heterocycles. The summed E-state index contributed by atoms with van der Waals surface area (Å²) in [5, 5.41) is 20.0. The molecular weight excluding hydrogens is 350 g/mol. The Hall–Kier alpha value is -1.26. The van der Waals surface area contributed by atoms with Gasteiger partial charge in [0.1, 0.15) is 11.5 Å². The van der Waals surface area contributed by atoms with Crippen LogP contribution < -0.4 is 10.5 Å². The minimum absolute atomic E-state index is 0.00290. The molecule has 1 aliphatic carbocycles. The van der Waals surface area contributed by atoms with Crippen molar-refractivity contribution in [2.45, 2.75) is 90.0 Å². The van der Waals surface area contributed by atoms with E-state index in [9.17, 15) is 10.2 Å². The molecule has 0 heterocycles. The van der Waals surface area contributed by atoms with Crippen LogP contribution in [0.1, 0.15) is 83.6 Å². The van der Waals surface area contributed by atoms with E-state index < -0.39 is 5.54 Å². The Morgan fingerprint density at radius 1 is 1.14 bits per heavy atom. The Morgan fingerprint density at radius 3 is 2.50 bits per heavy atom. The number of aliphatic hydroxyl groups excluding tert-OH is 1. The minimum Gasteiger partial charge on any atom is -0.508 e. The summed E-state index contributed by atoms with van der Waals surface area (Å²) in [7, 11) is 0. The number of benzene rings is 1. The smallest absolute Gasteiger partial charge is 0.122 e. The number of aliphatic hydroxyl groups is 1. The maximum atomic E-state index is 10.3. The molecule has 28 heavy (non-hydrogen) atoms. The largest absolute Gasteiger partial charge is 0.508 e. The van der Waals surface area contributed by atoms with Crippen LogP contribution >= 0.6 is 0 Å². The third-order valence-corrected chi connectivity index (χ3v) is 5.85. The Bertz CT molecular complexity index is 571. The molecule has 0 spiro atoms. The molecule has 0 amide bonds. The molecule has 1 unspecified atom stereocenters. The molecule has 160 valence electrons. The maximum Gasteiger partial charge on any atom is 0.122 e. The third-order valence-electron chi connectivity index (χ3n) is 5.85. The number of aryl methyl sites for hydroxylation is 1. The molecule has 0 radical (unpaired) electrons. The second kappa shape index (κ2) is 11.7. The summed E-state index contributed by atoms with van der Waals surface area (Å²) in [6.45, 7) is 5.26. The quantitative estimate of drug-likeness (QED) is 0.360. The minimum atomic E-state index is -0.530. The van der Waals surface area contributed by atoms with Crippen molar-refractivity contribution in [3.05, 3.63) is 23.8 Å². The lowest BCUT2D eigenvalue weighted by molar-refractivity contribution is 0.172. The highest BCUT2D eigenvalue weighted by Gasteiger charge is 2.33. The van der Waals surface area contributed by atoms with E-state index in [1.807, 2.05) is 12.1 Å². The summed E-state index contributed by atoms with van der Waals surface area (Å²) < 4.78 is 5.79. The van der Waals surface area contributed by atoms with Crippen molar-refractivity contribution in [3.63, 3.8) is 0 Å². The predicted molar refractivity (Wildman–Crippen MR) is 116 cm³/mol. The van der Waals surface area contributed by atoms with Gasteiger partial charge in [0.15, 0.2) is 0 Å². The summed E-state index contributed by atoms with van der Waals surface area (Å²) >= 11 is 0. The number of phenolic OH excluding ortho intramolecular Hbond substituents is 1. The molecule has 1 aliphatic rings. The molecule has 1 saturated carbocycles. The van der Waals surface area contributed by atoms with Gasteiger partial charge in [0.2, 0.25) is 0 Å². The van der Waals surface area contributed by atoms with Gasteiger partial charge in [-0.25, -0.2) is 0 Å². The number of phenols is 1. The normalized spacial score (nSPS) is 16.3. The molecule has 2 rings (SSSR count). The molecule has 4 heteroatoms. The van der Waals surface area contributed by atoms with Gasteiger partial charge in [-0.05, 0) is 49.1 Å². The number of rotatable bonds is 15. The van der Waals surface area contributed by atoms with Crippen LogP contribution in [0, 0.1) is 11.8 Å². The predicted octanol–water partition coefficient (Wildman–Crippen LogP) is 5.19. The molecular formula is C24H41NO3. The van der Waals surface area contributed by atoms with E-state index in [4.69, 9.17) is 10.5 Å². The Balaban J connectivity index is 1.65. The van der Waals surface area contributed by atoms with E-state index in [-0.39, 0.29) is 12.4 Å². The second-order valence-electron chi connectivity index (χ2n) is 9.26. The van der Waals surface area contributed by atoms with Crippen molar-refractivity contribution in [1.82, 2.24) is 0 Å². The lowest BCUT2D eigenvalue weighted by atomic mass is 9.87. The number of nitrogens with two attached hydrogens (primary N) is 1. The fraction of sp³-hybridized carbons (Fsp3) is 0.750. The Morgan fingerprint density at radius 2 is 1.86 bits per heavy atom. The van der Waals surface area contributed by atoms with E-state index in [0.717, 1.165) is 30.1 Å². The highest BCUT2D eigenvalue weighted by Crippen LogP contribution is 2.37. The highest BCUT2D eigenvalue weighted by atomic mass is 16.5.